The van der Waals surface area contributed by atoms with Crippen molar-refractivity contribution >= 4 is 21.8 Å². The zero-order chi connectivity index (χ0) is 25.1. The highest BCUT2D eigenvalue weighted by molar-refractivity contribution is 6.09. The van der Waals surface area contributed by atoms with E-state index in [9.17, 15) is 0 Å². The van der Waals surface area contributed by atoms with Crippen molar-refractivity contribution in [1.29, 1.82) is 0 Å². The average Bonchev–Trinajstić information content (AvgIpc) is 3.53. The number of nitrogens with zero attached hydrogens (tertiary/aromatic N) is 2. The lowest BCUT2D eigenvalue weighted by Gasteiger charge is -2.11. The van der Waals surface area contributed by atoms with E-state index < -0.39 is 0 Å². The Labute approximate surface area is 221 Å². The van der Waals surface area contributed by atoms with E-state index in [1.807, 2.05) is 0 Å². The molecule has 0 spiro atoms. The largest absolute Gasteiger partial charge is 0.294 e. The van der Waals surface area contributed by atoms with Crippen molar-refractivity contribution in [3.8, 4) is 39.2 Å². The lowest BCUT2D eigenvalue weighted by molar-refractivity contribution is 1.03. The van der Waals surface area contributed by atoms with E-state index in [0.717, 1.165) is 17.9 Å². The summed E-state index contributed by atoms with van der Waals surface area (Å²) in [6, 6.07) is 47.8. The second kappa shape index (κ2) is 8.29. The highest BCUT2D eigenvalue weighted by Gasteiger charge is 2.24. The summed E-state index contributed by atoms with van der Waals surface area (Å²) in [5.74, 6) is 0.974. The second-order valence-corrected chi connectivity index (χ2v) is 9.99. The maximum absolute atomic E-state index is 5.27. The molecule has 2 heterocycles. The van der Waals surface area contributed by atoms with Crippen LogP contribution in [0.15, 0.2) is 133 Å². The quantitative estimate of drug-likeness (QED) is 0.244. The Morgan fingerprint density at radius 1 is 0.474 bits per heavy atom. The highest BCUT2D eigenvalue weighted by Crippen LogP contribution is 2.42. The first-order chi connectivity index (χ1) is 18.8. The molecule has 0 bridgehead atoms. The molecule has 0 atom stereocenters. The standard InChI is InChI=1S/C36H24N2/c1-2-10-24(11-3-1)25-12-8-13-26(22-25)27-16-9-17-28-29-20-21-36(37-33(29)23-32(27)28)38-34-18-6-4-14-30(34)31-15-5-7-19-35(31)38/h1-22H,23H2. The van der Waals surface area contributed by atoms with Crippen LogP contribution in [-0.4, -0.2) is 9.55 Å². The van der Waals surface area contributed by atoms with Gasteiger partial charge in [0.1, 0.15) is 5.82 Å². The summed E-state index contributed by atoms with van der Waals surface area (Å²) in [5.41, 5.74) is 12.4. The topological polar surface area (TPSA) is 17.8 Å². The molecular weight excluding hydrogens is 460 g/mol. The van der Waals surface area contributed by atoms with Crippen molar-refractivity contribution in [2.75, 3.05) is 0 Å². The molecular formula is C36H24N2. The monoisotopic (exact) mass is 484 g/mol. The number of hydrogen-bond acceptors (Lipinski definition) is 1. The van der Waals surface area contributed by atoms with Crippen LogP contribution in [-0.2, 0) is 6.42 Å². The normalized spacial score (nSPS) is 12.1. The number of para-hydroxylation sites is 2. The van der Waals surface area contributed by atoms with Gasteiger partial charge >= 0.3 is 0 Å². The smallest absolute Gasteiger partial charge is 0.137 e. The average molecular weight is 485 g/mol. The van der Waals surface area contributed by atoms with E-state index in [4.69, 9.17) is 4.98 Å². The third kappa shape index (κ3) is 3.17. The van der Waals surface area contributed by atoms with Crippen LogP contribution in [0.1, 0.15) is 11.3 Å². The van der Waals surface area contributed by atoms with E-state index in [0.29, 0.717) is 0 Å². The summed E-state index contributed by atoms with van der Waals surface area (Å²) < 4.78 is 2.30. The third-order valence-corrected chi connectivity index (χ3v) is 7.86. The lowest BCUT2D eigenvalue weighted by Crippen LogP contribution is -2.00. The molecule has 0 saturated heterocycles. The summed E-state index contributed by atoms with van der Waals surface area (Å²) in [5, 5.41) is 2.52. The van der Waals surface area contributed by atoms with Gasteiger partial charge in [0, 0.05) is 22.8 Å². The SMILES string of the molecule is c1ccc(-c2cccc(-c3cccc4c3Cc3nc(-n5c6ccccc6c6ccccc65)ccc3-4)c2)cc1. The summed E-state index contributed by atoms with van der Waals surface area (Å²) in [6.45, 7) is 0. The minimum absolute atomic E-state index is 0.835. The molecule has 5 aromatic carbocycles. The number of pyridine rings is 1. The fourth-order valence-corrected chi connectivity index (χ4v) is 6.13. The summed E-state index contributed by atoms with van der Waals surface area (Å²) >= 11 is 0. The van der Waals surface area contributed by atoms with Crippen LogP contribution in [0.4, 0.5) is 0 Å². The molecule has 8 rings (SSSR count). The summed E-state index contributed by atoms with van der Waals surface area (Å²) in [4.78, 5) is 5.27. The van der Waals surface area contributed by atoms with E-state index >= 15 is 0 Å². The minimum atomic E-state index is 0.835. The van der Waals surface area contributed by atoms with E-state index in [1.165, 1.54) is 60.8 Å². The van der Waals surface area contributed by atoms with Crippen molar-refractivity contribution in [3.63, 3.8) is 0 Å². The number of rotatable bonds is 3. The van der Waals surface area contributed by atoms with Crippen molar-refractivity contribution in [3.05, 3.63) is 145 Å². The molecule has 0 radical (unpaired) electrons. The minimum Gasteiger partial charge on any atom is -0.294 e. The summed E-state index contributed by atoms with van der Waals surface area (Å²) in [7, 11) is 0. The molecule has 0 N–H and O–H groups in total. The Morgan fingerprint density at radius 2 is 1.11 bits per heavy atom. The molecule has 0 unspecified atom stereocenters. The molecule has 7 aromatic rings. The Balaban J connectivity index is 1.25. The number of aromatic nitrogens is 2. The van der Waals surface area contributed by atoms with Crippen LogP contribution in [0.25, 0.3) is 61.0 Å². The maximum atomic E-state index is 5.27. The first-order valence-electron chi connectivity index (χ1n) is 13.1. The molecule has 0 amide bonds. The van der Waals surface area contributed by atoms with Gasteiger partial charge in [-0.3, -0.25) is 4.57 Å². The van der Waals surface area contributed by atoms with Crippen molar-refractivity contribution in [1.82, 2.24) is 9.55 Å². The Bertz CT molecular complexity index is 1940. The van der Waals surface area contributed by atoms with Gasteiger partial charge in [-0.25, -0.2) is 4.98 Å². The lowest BCUT2D eigenvalue weighted by atomic mass is 9.93. The van der Waals surface area contributed by atoms with Crippen LogP contribution < -0.4 is 0 Å². The van der Waals surface area contributed by atoms with Gasteiger partial charge in [0.2, 0.25) is 0 Å². The fraction of sp³-hybridized carbons (Fsp3) is 0.0278. The molecule has 0 fully saturated rings. The fourth-order valence-electron chi connectivity index (χ4n) is 6.13. The molecule has 0 saturated carbocycles. The van der Waals surface area contributed by atoms with Gasteiger partial charge in [-0.1, -0.05) is 103 Å². The van der Waals surface area contributed by atoms with Gasteiger partial charge in [-0.05, 0) is 63.7 Å². The second-order valence-electron chi connectivity index (χ2n) is 9.99. The van der Waals surface area contributed by atoms with Gasteiger partial charge in [-0.15, -0.1) is 0 Å². The summed E-state index contributed by atoms with van der Waals surface area (Å²) in [6.07, 6.45) is 0.835. The van der Waals surface area contributed by atoms with Crippen LogP contribution in [0.5, 0.6) is 0 Å². The predicted molar refractivity (Wildman–Crippen MR) is 158 cm³/mol. The van der Waals surface area contributed by atoms with Crippen LogP contribution >= 0.6 is 0 Å². The Hall–Kier alpha value is -4.95. The van der Waals surface area contributed by atoms with Gasteiger partial charge in [-0.2, -0.15) is 0 Å². The van der Waals surface area contributed by atoms with Crippen molar-refractivity contribution in [2.24, 2.45) is 0 Å². The molecule has 38 heavy (non-hydrogen) atoms. The van der Waals surface area contributed by atoms with Crippen LogP contribution in [0, 0.1) is 0 Å². The molecule has 1 aliphatic rings. The molecule has 178 valence electrons. The van der Waals surface area contributed by atoms with Crippen LogP contribution in [0.2, 0.25) is 0 Å². The van der Waals surface area contributed by atoms with Gasteiger partial charge in [0.05, 0.1) is 16.7 Å². The van der Waals surface area contributed by atoms with E-state index in [2.05, 4.69) is 138 Å². The maximum Gasteiger partial charge on any atom is 0.137 e. The van der Waals surface area contributed by atoms with E-state index in [1.54, 1.807) is 0 Å². The highest BCUT2D eigenvalue weighted by atomic mass is 15.1. The number of hydrogen-bond donors (Lipinski definition) is 0. The van der Waals surface area contributed by atoms with Crippen molar-refractivity contribution < 1.29 is 0 Å². The molecule has 0 aliphatic heterocycles. The van der Waals surface area contributed by atoms with Gasteiger partial charge in [0.25, 0.3) is 0 Å². The Kier molecular flexibility index (Phi) is 4.62. The number of benzene rings is 5. The van der Waals surface area contributed by atoms with Gasteiger partial charge in [0.15, 0.2) is 0 Å². The molecule has 2 heteroatoms. The first kappa shape index (κ1) is 21.2. The predicted octanol–water partition coefficient (Wildman–Crippen LogP) is 9.08. The zero-order valence-corrected chi connectivity index (χ0v) is 20.8. The zero-order valence-electron chi connectivity index (χ0n) is 20.8. The molecule has 2 nitrogen and oxygen atoms in total. The van der Waals surface area contributed by atoms with Crippen molar-refractivity contribution in [2.45, 2.75) is 6.42 Å². The van der Waals surface area contributed by atoms with Crippen LogP contribution in [0.3, 0.4) is 0 Å². The third-order valence-electron chi connectivity index (χ3n) is 7.86. The number of fused-ring (bicyclic) bond motifs is 6. The van der Waals surface area contributed by atoms with E-state index in [-0.39, 0.29) is 0 Å². The molecule has 1 aliphatic carbocycles. The molecule has 2 aromatic heterocycles. The van der Waals surface area contributed by atoms with Gasteiger partial charge < -0.3 is 0 Å². The first-order valence-corrected chi connectivity index (χ1v) is 13.1. The Morgan fingerprint density at radius 3 is 1.89 bits per heavy atom.